The molecule has 5 rings (SSSR count). The quantitative estimate of drug-likeness (QED) is 0.202. The second-order valence-electron chi connectivity index (χ2n) is 12.4. The predicted octanol–water partition coefficient (Wildman–Crippen LogP) is 4.21. The van der Waals surface area contributed by atoms with Gasteiger partial charge >= 0.3 is 5.97 Å². The van der Waals surface area contributed by atoms with Crippen molar-refractivity contribution < 1.29 is 29.0 Å². The molecule has 1 spiro atoms. The predicted molar refractivity (Wildman–Crippen MR) is 159 cm³/mol. The molecule has 1 N–H and O–H groups in total. The van der Waals surface area contributed by atoms with E-state index >= 15 is 0 Å². The van der Waals surface area contributed by atoms with Crippen molar-refractivity contribution in [1.29, 1.82) is 0 Å². The summed E-state index contributed by atoms with van der Waals surface area (Å²) >= 11 is 0. The highest BCUT2D eigenvalue weighted by molar-refractivity contribution is 5.98. The molecule has 1 aromatic rings. The number of ether oxygens (including phenoxy) is 2. The number of nitrogens with zero attached hydrogens (tertiary/aromatic N) is 2. The first kappa shape index (κ1) is 30.5. The number of amides is 2. The number of rotatable bonds is 14. The van der Waals surface area contributed by atoms with Gasteiger partial charge in [-0.25, -0.2) is 0 Å². The minimum atomic E-state index is -1.12. The second-order valence-corrected chi connectivity index (χ2v) is 12.4. The number of carbonyl (C=O) groups excluding carboxylic acids is 3. The van der Waals surface area contributed by atoms with Gasteiger partial charge in [-0.05, 0) is 56.9 Å². The van der Waals surface area contributed by atoms with Crippen LogP contribution in [0.5, 0.6) is 0 Å². The Bertz CT molecular complexity index is 1130. The average Bonchev–Trinajstić information content (AvgIpc) is 3.66. The fraction of sp³-hybridized carbons (Fsp3) is 0.618. The summed E-state index contributed by atoms with van der Waals surface area (Å²) in [6, 6.07) is 8.19. The van der Waals surface area contributed by atoms with Crippen LogP contribution in [0, 0.1) is 11.8 Å². The molecule has 4 fully saturated rings. The van der Waals surface area contributed by atoms with Crippen molar-refractivity contribution in [3.05, 3.63) is 61.2 Å². The lowest BCUT2D eigenvalue weighted by molar-refractivity contribution is -0.157. The van der Waals surface area contributed by atoms with Gasteiger partial charge in [-0.1, -0.05) is 61.7 Å². The maximum absolute atomic E-state index is 14.7. The number of hydrogen-bond acceptors (Lipinski definition) is 6. The molecule has 6 atom stereocenters. The van der Waals surface area contributed by atoms with Crippen LogP contribution in [0.25, 0.3) is 0 Å². The maximum atomic E-state index is 14.7. The number of allylic oxidation sites excluding steroid dienone is 1. The van der Waals surface area contributed by atoms with E-state index in [1.807, 2.05) is 41.3 Å². The second kappa shape index (κ2) is 13.6. The number of likely N-dealkylation sites (tertiary alicyclic amines) is 1. The Morgan fingerprint density at radius 2 is 1.88 bits per heavy atom. The molecule has 1 saturated carbocycles. The van der Waals surface area contributed by atoms with Crippen LogP contribution in [0.2, 0.25) is 0 Å². The zero-order valence-corrected chi connectivity index (χ0v) is 24.7. The van der Waals surface area contributed by atoms with Crippen LogP contribution in [0.1, 0.15) is 69.8 Å². The Morgan fingerprint density at radius 3 is 2.57 bits per heavy atom. The molecule has 4 aliphatic rings. The summed E-state index contributed by atoms with van der Waals surface area (Å²) in [6.07, 6.45) is 12.1. The molecule has 2 amide bonds. The molecule has 0 aromatic heterocycles. The SMILES string of the molecule is C=CCCCCOC(=O)[C@@H]1[C@H]2C(=O)N([C@@H](CO)Cc3ccccc3)C(C(=O)N(CC=C)C3CCCCC3)C23CC[C@H]1O3. The summed E-state index contributed by atoms with van der Waals surface area (Å²) in [7, 11) is 0. The first-order valence-electron chi connectivity index (χ1n) is 15.8. The highest BCUT2D eigenvalue weighted by atomic mass is 16.6. The van der Waals surface area contributed by atoms with E-state index in [9.17, 15) is 19.5 Å². The summed E-state index contributed by atoms with van der Waals surface area (Å²) in [5, 5.41) is 10.7. The average molecular weight is 579 g/mol. The number of fused-ring (bicyclic) bond motifs is 1. The van der Waals surface area contributed by atoms with E-state index in [0.29, 0.717) is 32.2 Å². The number of benzene rings is 1. The molecule has 3 saturated heterocycles. The fourth-order valence-corrected chi connectivity index (χ4v) is 7.94. The number of unbranched alkanes of at least 4 members (excludes halogenated alkanes) is 2. The zero-order valence-electron chi connectivity index (χ0n) is 24.7. The van der Waals surface area contributed by atoms with E-state index in [4.69, 9.17) is 9.47 Å². The molecule has 3 heterocycles. The van der Waals surface area contributed by atoms with Crippen LogP contribution in [-0.4, -0.2) is 82.3 Å². The molecule has 8 heteroatoms. The monoisotopic (exact) mass is 578 g/mol. The molecule has 42 heavy (non-hydrogen) atoms. The zero-order chi connectivity index (χ0) is 29.7. The van der Waals surface area contributed by atoms with Crippen molar-refractivity contribution in [2.75, 3.05) is 19.8 Å². The van der Waals surface area contributed by atoms with Gasteiger partial charge in [-0.2, -0.15) is 0 Å². The fourth-order valence-electron chi connectivity index (χ4n) is 7.94. The Morgan fingerprint density at radius 1 is 1.12 bits per heavy atom. The van der Waals surface area contributed by atoms with E-state index in [-0.39, 0.29) is 31.1 Å². The summed E-state index contributed by atoms with van der Waals surface area (Å²) in [4.78, 5) is 46.2. The van der Waals surface area contributed by atoms with Crippen molar-refractivity contribution in [2.45, 2.75) is 100 Å². The van der Waals surface area contributed by atoms with Gasteiger partial charge in [0.15, 0.2) is 0 Å². The molecule has 3 aliphatic heterocycles. The number of aliphatic hydroxyl groups excluding tert-OH is 1. The Hall–Kier alpha value is -2.97. The minimum absolute atomic E-state index is 0.0632. The molecule has 2 bridgehead atoms. The van der Waals surface area contributed by atoms with E-state index in [1.54, 1.807) is 11.0 Å². The standard InChI is InChI=1S/C34H46N2O6/c1-3-5-6-13-21-41-33(40)28-27-18-19-34(42-27)29(28)31(38)36(26(23-37)22-24-14-9-7-10-15-24)30(34)32(39)35(20-4-2)25-16-11-8-12-17-25/h3-4,7,9-10,14-15,25-30,37H,1-2,5-6,8,11-13,16-23H2/t26-,27-,28+,29+,30?,34?/m1/s1. The molecule has 228 valence electrons. The van der Waals surface area contributed by atoms with E-state index < -0.39 is 41.6 Å². The van der Waals surface area contributed by atoms with Gasteiger partial charge in [0.1, 0.15) is 11.6 Å². The highest BCUT2D eigenvalue weighted by Crippen LogP contribution is 2.59. The van der Waals surface area contributed by atoms with Gasteiger partial charge < -0.3 is 24.4 Å². The smallest absolute Gasteiger partial charge is 0.312 e. The minimum Gasteiger partial charge on any atom is -0.465 e. The van der Waals surface area contributed by atoms with Crippen molar-refractivity contribution >= 4 is 17.8 Å². The third-order valence-corrected chi connectivity index (χ3v) is 9.83. The van der Waals surface area contributed by atoms with Crippen molar-refractivity contribution in [1.82, 2.24) is 9.80 Å². The summed E-state index contributed by atoms with van der Waals surface area (Å²) in [6.45, 7) is 8.01. The van der Waals surface area contributed by atoms with Crippen molar-refractivity contribution in [3.63, 3.8) is 0 Å². The van der Waals surface area contributed by atoms with Crippen LogP contribution in [-0.2, 0) is 30.3 Å². The number of hydrogen-bond donors (Lipinski definition) is 1. The molecule has 1 aromatic carbocycles. The highest BCUT2D eigenvalue weighted by Gasteiger charge is 2.75. The summed E-state index contributed by atoms with van der Waals surface area (Å²) < 4.78 is 12.3. The van der Waals surface area contributed by atoms with Crippen molar-refractivity contribution in [3.8, 4) is 0 Å². The first-order chi connectivity index (χ1) is 20.5. The Balaban J connectivity index is 1.49. The van der Waals surface area contributed by atoms with E-state index in [2.05, 4.69) is 13.2 Å². The summed E-state index contributed by atoms with van der Waals surface area (Å²) in [5.41, 5.74) is -0.162. The topological polar surface area (TPSA) is 96.4 Å². The van der Waals surface area contributed by atoms with Crippen LogP contribution in [0.4, 0.5) is 0 Å². The number of aliphatic hydroxyl groups is 1. The lowest BCUT2D eigenvalue weighted by atomic mass is 9.70. The van der Waals surface area contributed by atoms with Gasteiger partial charge in [0, 0.05) is 12.6 Å². The van der Waals surface area contributed by atoms with Crippen LogP contribution in [0.3, 0.4) is 0 Å². The van der Waals surface area contributed by atoms with Gasteiger partial charge in [0.05, 0.1) is 37.2 Å². The third kappa shape index (κ3) is 5.68. The maximum Gasteiger partial charge on any atom is 0.312 e. The lowest BCUT2D eigenvalue weighted by Crippen LogP contribution is -2.60. The molecular weight excluding hydrogens is 532 g/mol. The number of carbonyl (C=O) groups is 3. The van der Waals surface area contributed by atoms with Gasteiger partial charge in [0.2, 0.25) is 11.8 Å². The van der Waals surface area contributed by atoms with E-state index in [1.165, 1.54) is 0 Å². The lowest BCUT2D eigenvalue weighted by Gasteiger charge is -2.42. The Kier molecular flexibility index (Phi) is 9.84. The van der Waals surface area contributed by atoms with Gasteiger partial charge in [-0.15, -0.1) is 13.2 Å². The molecule has 1 aliphatic carbocycles. The Labute approximate surface area is 249 Å². The largest absolute Gasteiger partial charge is 0.465 e. The third-order valence-electron chi connectivity index (χ3n) is 9.83. The normalized spacial score (nSPS) is 29.3. The van der Waals surface area contributed by atoms with Gasteiger partial charge in [0.25, 0.3) is 0 Å². The van der Waals surface area contributed by atoms with Gasteiger partial charge in [-0.3, -0.25) is 14.4 Å². The molecule has 2 unspecified atom stereocenters. The van der Waals surface area contributed by atoms with E-state index in [0.717, 1.165) is 50.5 Å². The van der Waals surface area contributed by atoms with Crippen LogP contribution in [0.15, 0.2) is 55.6 Å². The van der Waals surface area contributed by atoms with Crippen molar-refractivity contribution in [2.24, 2.45) is 11.8 Å². The molecular formula is C34H46N2O6. The molecule has 8 nitrogen and oxygen atoms in total. The summed E-state index contributed by atoms with van der Waals surface area (Å²) in [5.74, 6) is -2.45. The number of esters is 1. The molecule has 0 radical (unpaired) electrons. The van der Waals surface area contributed by atoms with Crippen LogP contribution >= 0.6 is 0 Å². The van der Waals surface area contributed by atoms with Crippen LogP contribution < -0.4 is 0 Å². The first-order valence-corrected chi connectivity index (χ1v) is 15.8.